The number of carbonyl (C=O) groups excluding carboxylic acids is 2. The normalized spacial score (nSPS) is 16.0. The molecule has 2 amide bonds. The van der Waals surface area contributed by atoms with Gasteiger partial charge in [-0.25, -0.2) is 4.79 Å². The third-order valence-electron chi connectivity index (χ3n) is 3.51. The molecule has 1 saturated heterocycles. The van der Waals surface area contributed by atoms with Crippen molar-refractivity contribution in [2.45, 2.75) is 32.8 Å². The molecule has 0 radical (unpaired) electrons. The summed E-state index contributed by atoms with van der Waals surface area (Å²) in [6, 6.07) is 7.37. The number of halogens is 1. The van der Waals surface area contributed by atoms with Crippen LogP contribution in [0.1, 0.15) is 37.6 Å². The van der Waals surface area contributed by atoms with E-state index in [0.29, 0.717) is 31.7 Å². The molecule has 0 aromatic heterocycles. The summed E-state index contributed by atoms with van der Waals surface area (Å²) < 4.78 is 6.29. The maximum absolute atomic E-state index is 12.6. The van der Waals surface area contributed by atoms with Gasteiger partial charge in [-0.2, -0.15) is 0 Å². The number of amides is 2. The summed E-state index contributed by atoms with van der Waals surface area (Å²) in [5, 5.41) is 0. The monoisotopic (exact) mass is 382 g/mol. The Morgan fingerprint density at radius 2 is 1.74 bits per heavy atom. The molecule has 6 heteroatoms. The maximum atomic E-state index is 12.6. The van der Waals surface area contributed by atoms with E-state index >= 15 is 0 Å². The van der Waals surface area contributed by atoms with Crippen molar-refractivity contribution >= 4 is 27.9 Å². The van der Waals surface area contributed by atoms with Crippen LogP contribution in [0.15, 0.2) is 28.7 Å². The molecule has 1 heterocycles. The van der Waals surface area contributed by atoms with Crippen molar-refractivity contribution < 1.29 is 14.3 Å². The molecule has 0 aliphatic carbocycles. The highest BCUT2D eigenvalue weighted by Crippen LogP contribution is 2.16. The summed E-state index contributed by atoms with van der Waals surface area (Å²) in [4.78, 5) is 28.2. The van der Waals surface area contributed by atoms with E-state index in [1.54, 1.807) is 9.80 Å². The van der Waals surface area contributed by atoms with Crippen molar-refractivity contribution in [1.82, 2.24) is 9.80 Å². The topological polar surface area (TPSA) is 49.9 Å². The quantitative estimate of drug-likeness (QED) is 0.746. The summed E-state index contributed by atoms with van der Waals surface area (Å²) in [5.41, 5.74) is 0.153. The van der Waals surface area contributed by atoms with E-state index in [2.05, 4.69) is 15.9 Å². The van der Waals surface area contributed by atoms with Gasteiger partial charge in [0.1, 0.15) is 5.60 Å². The van der Waals surface area contributed by atoms with Crippen molar-refractivity contribution in [3.63, 3.8) is 0 Å². The van der Waals surface area contributed by atoms with E-state index in [1.807, 2.05) is 45.0 Å². The minimum absolute atomic E-state index is 0.00246. The molecule has 126 valence electrons. The Morgan fingerprint density at radius 3 is 2.39 bits per heavy atom. The van der Waals surface area contributed by atoms with Crippen LogP contribution >= 0.6 is 15.9 Å². The summed E-state index contributed by atoms with van der Waals surface area (Å²) in [5.74, 6) is -0.00246. The average Bonchev–Trinajstić information content (AvgIpc) is 2.70. The van der Waals surface area contributed by atoms with Crippen LogP contribution in [0, 0.1) is 0 Å². The zero-order valence-electron chi connectivity index (χ0n) is 13.8. The van der Waals surface area contributed by atoms with Crippen molar-refractivity contribution in [3.05, 3.63) is 34.3 Å². The first-order valence-corrected chi connectivity index (χ1v) is 8.58. The van der Waals surface area contributed by atoms with E-state index in [0.717, 1.165) is 10.9 Å². The van der Waals surface area contributed by atoms with Crippen LogP contribution in [0.2, 0.25) is 0 Å². The molecule has 1 aromatic rings. The molecule has 0 spiro atoms. The maximum Gasteiger partial charge on any atom is 0.410 e. The van der Waals surface area contributed by atoms with Crippen molar-refractivity contribution in [2.75, 3.05) is 26.2 Å². The SMILES string of the molecule is CC(C)(C)OC(=O)N1CCCN(C(=O)c2cccc(Br)c2)CC1. The van der Waals surface area contributed by atoms with Gasteiger partial charge in [-0.15, -0.1) is 0 Å². The minimum atomic E-state index is -0.505. The van der Waals surface area contributed by atoms with Gasteiger partial charge in [-0.3, -0.25) is 4.79 Å². The zero-order valence-corrected chi connectivity index (χ0v) is 15.4. The lowest BCUT2D eigenvalue weighted by atomic mass is 10.2. The predicted octanol–water partition coefficient (Wildman–Crippen LogP) is 3.53. The third kappa shape index (κ3) is 5.23. The summed E-state index contributed by atoms with van der Waals surface area (Å²) in [6.45, 7) is 7.82. The fourth-order valence-corrected chi connectivity index (χ4v) is 2.83. The largest absolute Gasteiger partial charge is 0.444 e. The zero-order chi connectivity index (χ0) is 17.0. The number of ether oxygens (including phenoxy) is 1. The fourth-order valence-electron chi connectivity index (χ4n) is 2.43. The van der Waals surface area contributed by atoms with Crippen molar-refractivity contribution in [2.24, 2.45) is 0 Å². The minimum Gasteiger partial charge on any atom is -0.444 e. The second-order valence-corrected chi connectivity index (χ2v) is 7.54. The number of hydrogen-bond acceptors (Lipinski definition) is 3. The molecule has 0 bridgehead atoms. The summed E-state index contributed by atoms with van der Waals surface area (Å²) >= 11 is 3.39. The Labute approximate surface area is 145 Å². The van der Waals surface area contributed by atoms with Crippen LogP contribution in [-0.4, -0.2) is 53.6 Å². The first-order chi connectivity index (χ1) is 10.8. The van der Waals surface area contributed by atoms with Gasteiger partial charge in [-0.05, 0) is 45.4 Å². The van der Waals surface area contributed by atoms with Crippen LogP contribution in [0.5, 0.6) is 0 Å². The van der Waals surface area contributed by atoms with E-state index in [4.69, 9.17) is 4.74 Å². The molecule has 0 N–H and O–H groups in total. The van der Waals surface area contributed by atoms with Crippen LogP contribution < -0.4 is 0 Å². The molecule has 1 aliphatic rings. The summed E-state index contributed by atoms with van der Waals surface area (Å²) in [7, 11) is 0. The lowest BCUT2D eigenvalue weighted by molar-refractivity contribution is 0.0255. The molecule has 1 aliphatic heterocycles. The van der Waals surface area contributed by atoms with Crippen LogP contribution in [0.4, 0.5) is 4.79 Å². The number of carbonyl (C=O) groups is 2. The van der Waals surface area contributed by atoms with E-state index < -0.39 is 5.60 Å². The molecular formula is C17H23BrN2O3. The number of hydrogen-bond donors (Lipinski definition) is 0. The summed E-state index contributed by atoms with van der Waals surface area (Å²) in [6.07, 6.45) is 0.438. The molecule has 1 aromatic carbocycles. The molecule has 0 atom stereocenters. The van der Waals surface area contributed by atoms with E-state index in [9.17, 15) is 9.59 Å². The number of nitrogens with zero attached hydrogens (tertiary/aromatic N) is 2. The van der Waals surface area contributed by atoms with Gasteiger partial charge < -0.3 is 14.5 Å². The van der Waals surface area contributed by atoms with Crippen molar-refractivity contribution in [1.29, 1.82) is 0 Å². The molecule has 23 heavy (non-hydrogen) atoms. The predicted molar refractivity (Wildman–Crippen MR) is 92.5 cm³/mol. The highest BCUT2D eigenvalue weighted by atomic mass is 79.9. The van der Waals surface area contributed by atoms with Crippen LogP contribution in [-0.2, 0) is 4.74 Å². The second-order valence-electron chi connectivity index (χ2n) is 6.62. The van der Waals surface area contributed by atoms with Crippen LogP contribution in [0.3, 0.4) is 0 Å². The fraction of sp³-hybridized carbons (Fsp3) is 0.529. The highest BCUT2D eigenvalue weighted by Gasteiger charge is 2.26. The molecule has 0 saturated carbocycles. The third-order valence-corrected chi connectivity index (χ3v) is 4.00. The Balaban J connectivity index is 1.98. The smallest absolute Gasteiger partial charge is 0.410 e. The first-order valence-electron chi connectivity index (χ1n) is 7.79. The van der Waals surface area contributed by atoms with Gasteiger partial charge in [0.15, 0.2) is 0 Å². The van der Waals surface area contributed by atoms with Gasteiger partial charge in [-0.1, -0.05) is 22.0 Å². The molecule has 0 unspecified atom stereocenters. The van der Waals surface area contributed by atoms with Gasteiger partial charge >= 0.3 is 6.09 Å². The molecular weight excluding hydrogens is 360 g/mol. The second kappa shape index (κ2) is 7.34. The molecule has 1 fully saturated rings. The van der Waals surface area contributed by atoms with Gasteiger partial charge in [0.05, 0.1) is 0 Å². The van der Waals surface area contributed by atoms with E-state index in [-0.39, 0.29) is 12.0 Å². The molecule has 2 rings (SSSR count). The number of rotatable bonds is 1. The standard InChI is InChI=1S/C17H23BrN2O3/c1-17(2,3)23-16(22)20-9-5-8-19(10-11-20)15(21)13-6-4-7-14(18)12-13/h4,6-7,12H,5,8-11H2,1-3H3. The average molecular weight is 383 g/mol. The Kier molecular flexibility index (Phi) is 5.68. The molecule has 5 nitrogen and oxygen atoms in total. The highest BCUT2D eigenvalue weighted by molar-refractivity contribution is 9.10. The van der Waals surface area contributed by atoms with Gasteiger partial charge in [0, 0.05) is 36.2 Å². The lowest BCUT2D eigenvalue weighted by Gasteiger charge is -2.26. The van der Waals surface area contributed by atoms with Crippen molar-refractivity contribution in [3.8, 4) is 0 Å². The number of benzene rings is 1. The Hall–Kier alpha value is -1.56. The first kappa shape index (κ1) is 17.8. The lowest BCUT2D eigenvalue weighted by Crippen LogP contribution is -2.40. The van der Waals surface area contributed by atoms with Crippen LogP contribution in [0.25, 0.3) is 0 Å². The van der Waals surface area contributed by atoms with E-state index in [1.165, 1.54) is 0 Å². The Bertz CT molecular complexity index is 583. The van der Waals surface area contributed by atoms with Gasteiger partial charge in [0.2, 0.25) is 0 Å². The van der Waals surface area contributed by atoms with Gasteiger partial charge in [0.25, 0.3) is 5.91 Å². The Morgan fingerprint density at radius 1 is 1.09 bits per heavy atom.